The van der Waals surface area contributed by atoms with Gasteiger partial charge in [0.15, 0.2) is 0 Å². The molecule has 0 radical (unpaired) electrons. The van der Waals surface area contributed by atoms with Crippen molar-refractivity contribution >= 4 is 55.8 Å². The highest BCUT2D eigenvalue weighted by Crippen LogP contribution is 2.43. The van der Waals surface area contributed by atoms with E-state index in [0.717, 1.165) is 5.56 Å². The van der Waals surface area contributed by atoms with E-state index in [4.69, 9.17) is 0 Å². The second-order valence-electron chi connectivity index (χ2n) is 5.20. The number of rotatable bonds is 5. The maximum atomic E-state index is 3.84. The fourth-order valence-corrected chi connectivity index (χ4v) is 5.21. The van der Waals surface area contributed by atoms with Gasteiger partial charge in [0.25, 0.3) is 0 Å². The van der Waals surface area contributed by atoms with Crippen LogP contribution in [0.5, 0.6) is 0 Å². The number of hydrogen-bond donors (Lipinski definition) is 0. The molecule has 0 saturated carbocycles. The number of thiophene rings is 3. The van der Waals surface area contributed by atoms with Crippen molar-refractivity contribution in [1.82, 2.24) is 0 Å². The minimum atomic E-state index is 1.13. The molecule has 0 amide bonds. The normalized spacial score (nSPS) is 10.7. The van der Waals surface area contributed by atoms with Crippen molar-refractivity contribution in [3.63, 3.8) is 0 Å². The van der Waals surface area contributed by atoms with E-state index in [1.54, 1.807) is 22.7 Å². The van der Waals surface area contributed by atoms with Crippen LogP contribution >= 0.6 is 34.0 Å². The predicted octanol–water partition coefficient (Wildman–Crippen LogP) is 7.65. The predicted molar refractivity (Wildman–Crippen MR) is 110 cm³/mol. The quantitative estimate of drug-likeness (QED) is 0.351. The van der Waals surface area contributed by atoms with Crippen LogP contribution in [0.3, 0.4) is 0 Å². The van der Waals surface area contributed by atoms with Gasteiger partial charge in [-0.15, -0.1) is 34.0 Å². The molecule has 0 atom stereocenters. The Hall–Kier alpha value is -2.14. The van der Waals surface area contributed by atoms with Gasteiger partial charge in [0.2, 0.25) is 0 Å². The molecule has 0 fully saturated rings. The average molecular weight is 366 g/mol. The SMILES string of the molecule is C=Cc1ccc(N(c2cccs2)c2ccc(-c3cccs3)s2)cc1. The molecule has 4 heteroatoms. The Labute approximate surface area is 153 Å². The summed E-state index contributed by atoms with van der Waals surface area (Å²) < 4.78 is 0. The fourth-order valence-electron chi connectivity index (χ4n) is 2.52. The van der Waals surface area contributed by atoms with E-state index in [1.807, 2.05) is 17.4 Å². The Morgan fingerprint density at radius 1 is 0.750 bits per heavy atom. The van der Waals surface area contributed by atoms with Crippen molar-refractivity contribution < 1.29 is 0 Å². The monoisotopic (exact) mass is 365 g/mol. The Morgan fingerprint density at radius 2 is 1.54 bits per heavy atom. The molecule has 0 aliphatic carbocycles. The van der Waals surface area contributed by atoms with Gasteiger partial charge in [-0.1, -0.05) is 30.9 Å². The van der Waals surface area contributed by atoms with Crippen LogP contribution in [0.25, 0.3) is 15.8 Å². The Kier molecular flexibility index (Phi) is 4.34. The summed E-state index contributed by atoms with van der Waals surface area (Å²) >= 11 is 5.36. The first-order valence-electron chi connectivity index (χ1n) is 7.55. The smallest absolute Gasteiger partial charge is 0.101 e. The minimum Gasteiger partial charge on any atom is -0.293 e. The number of benzene rings is 1. The van der Waals surface area contributed by atoms with Crippen molar-refractivity contribution in [3.8, 4) is 9.75 Å². The fraction of sp³-hybridized carbons (Fsp3) is 0. The van der Waals surface area contributed by atoms with Gasteiger partial charge in [-0.2, -0.15) is 0 Å². The third-order valence-corrected chi connectivity index (χ3v) is 6.68. The van der Waals surface area contributed by atoms with E-state index in [0.29, 0.717) is 0 Å². The Balaban J connectivity index is 1.77. The lowest BCUT2D eigenvalue weighted by Crippen LogP contribution is -2.06. The highest BCUT2D eigenvalue weighted by Gasteiger charge is 2.16. The first-order chi connectivity index (χ1) is 11.8. The molecule has 1 aromatic carbocycles. The van der Waals surface area contributed by atoms with Crippen LogP contribution in [-0.4, -0.2) is 0 Å². The van der Waals surface area contributed by atoms with E-state index in [1.165, 1.54) is 25.4 Å². The van der Waals surface area contributed by atoms with Crippen molar-refractivity contribution in [2.24, 2.45) is 0 Å². The third kappa shape index (κ3) is 2.96. The third-order valence-electron chi connectivity index (χ3n) is 3.69. The summed E-state index contributed by atoms with van der Waals surface area (Å²) in [6, 6.07) is 21.5. The van der Waals surface area contributed by atoms with Gasteiger partial charge < -0.3 is 0 Å². The molecule has 118 valence electrons. The van der Waals surface area contributed by atoms with Crippen molar-refractivity contribution in [2.45, 2.75) is 0 Å². The van der Waals surface area contributed by atoms with Crippen LogP contribution in [0.1, 0.15) is 5.56 Å². The molecule has 0 bridgehead atoms. The summed E-state index contributed by atoms with van der Waals surface area (Å²) in [6.07, 6.45) is 1.87. The molecule has 3 aromatic heterocycles. The van der Waals surface area contributed by atoms with Gasteiger partial charge in [0.1, 0.15) is 10.0 Å². The Morgan fingerprint density at radius 3 is 2.21 bits per heavy atom. The number of hydrogen-bond acceptors (Lipinski definition) is 4. The van der Waals surface area contributed by atoms with Gasteiger partial charge in [-0.05, 0) is 58.8 Å². The average Bonchev–Trinajstić information content (AvgIpc) is 3.38. The molecule has 1 nitrogen and oxygen atoms in total. The zero-order chi connectivity index (χ0) is 16.4. The number of anilines is 3. The summed E-state index contributed by atoms with van der Waals surface area (Å²) in [4.78, 5) is 4.95. The highest BCUT2D eigenvalue weighted by atomic mass is 32.1. The molecule has 0 saturated heterocycles. The lowest BCUT2D eigenvalue weighted by molar-refractivity contribution is 1.35. The summed E-state index contributed by atoms with van der Waals surface area (Å²) in [5.74, 6) is 0. The molecule has 0 aliphatic heterocycles. The largest absolute Gasteiger partial charge is 0.293 e. The lowest BCUT2D eigenvalue weighted by atomic mass is 10.2. The van der Waals surface area contributed by atoms with Crippen LogP contribution in [0.15, 0.2) is 78.0 Å². The lowest BCUT2D eigenvalue weighted by Gasteiger charge is -2.21. The molecular weight excluding hydrogens is 350 g/mol. The van der Waals surface area contributed by atoms with Gasteiger partial charge in [-0.25, -0.2) is 0 Å². The van der Waals surface area contributed by atoms with Gasteiger partial charge in [0.05, 0.1) is 0 Å². The summed E-state index contributed by atoms with van der Waals surface area (Å²) in [5.41, 5.74) is 2.30. The van der Waals surface area contributed by atoms with Crippen LogP contribution in [0, 0.1) is 0 Å². The maximum Gasteiger partial charge on any atom is 0.101 e. The van der Waals surface area contributed by atoms with Crippen molar-refractivity contribution in [2.75, 3.05) is 4.90 Å². The van der Waals surface area contributed by atoms with E-state index >= 15 is 0 Å². The molecule has 0 spiro atoms. The topological polar surface area (TPSA) is 3.24 Å². The standard InChI is InChI=1S/C20H15NS3/c1-2-15-7-9-16(10-8-15)21(19-6-4-14-23-19)20-12-11-18(24-20)17-5-3-13-22-17/h2-14H,1H2. The molecule has 24 heavy (non-hydrogen) atoms. The van der Waals surface area contributed by atoms with E-state index in [-0.39, 0.29) is 0 Å². The van der Waals surface area contributed by atoms with E-state index in [9.17, 15) is 0 Å². The summed E-state index contributed by atoms with van der Waals surface area (Å²) in [6.45, 7) is 3.84. The Bertz CT molecular complexity index is 916. The van der Waals surface area contributed by atoms with Crippen LogP contribution < -0.4 is 4.90 Å². The first-order valence-corrected chi connectivity index (χ1v) is 10.1. The van der Waals surface area contributed by atoms with Crippen LogP contribution in [0.4, 0.5) is 15.7 Å². The molecule has 0 unspecified atom stereocenters. The molecule has 0 aliphatic rings. The van der Waals surface area contributed by atoms with E-state index in [2.05, 4.69) is 82.9 Å². The van der Waals surface area contributed by atoms with Crippen LogP contribution in [0.2, 0.25) is 0 Å². The molecule has 4 aromatic rings. The second kappa shape index (κ2) is 6.77. The molecule has 0 N–H and O–H groups in total. The number of nitrogens with zero attached hydrogens (tertiary/aromatic N) is 1. The second-order valence-corrected chi connectivity index (χ2v) is 8.13. The van der Waals surface area contributed by atoms with E-state index < -0.39 is 0 Å². The van der Waals surface area contributed by atoms with Crippen molar-refractivity contribution in [3.05, 3.63) is 83.6 Å². The van der Waals surface area contributed by atoms with Crippen LogP contribution in [-0.2, 0) is 0 Å². The van der Waals surface area contributed by atoms with Gasteiger partial charge in [0, 0.05) is 15.4 Å². The molecule has 3 heterocycles. The first kappa shape index (κ1) is 15.4. The zero-order valence-electron chi connectivity index (χ0n) is 12.9. The summed E-state index contributed by atoms with van der Waals surface area (Å²) in [5, 5.41) is 6.70. The maximum absolute atomic E-state index is 3.84. The van der Waals surface area contributed by atoms with Crippen molar-refractivity contribution in [1.29, 1.82) is 0 Å². The molecule has 4 rings (SSSR count). The minimum absolute atomic E-state index is 1.13. The van der Waals surface area contributed by atoms with Gasteiger partial charge in [-0.3, -0.25) is 4.90 Å². The zero-order valence-corrected chi connectivity index (χ0v) is 15.3. The molecular formula is C20H15NS3. The van der Waals surface area contributed by atoms with Gasteiger partial charge >= 0.3 is 0 Å². The highest BCUT2D eigenvalue weighted by molar-refractivity contribution is 7.24. The summed E-state index contributed by atoms with van der Waals surface area (Å²) in [7, 11) is 0.